The highest BCUT2D eigenvalue weighted by atomic mass is 16.5. The molecular formula is C14H19NO5. The lowest BCUT2D eigenvalue weighted by Gasteiger charge is -2.13. The summed E-state index contributed by atoms with van der Waals surface area (Å²) >= 11 is 0. The highest BCUT2D eigenvalue weighted by Gasteiger charge is 2.22. The molecule has 1 heterocycles. The number of aliphatic hydroxyl groups is 1. The van der Waals surface area contributed by atoms with Crippen LogP contribution in [0.1, 0.15) is 18.6 Å². The Morgan fingerprint density at radius 1 is 1.60 bits per heavy atom. The minimum atomic E-state index is -0.586. The van der Waals surface area contributed by atoms with Gasteiger partial charge in [-0.15, -0.1) is 0 Å². The van der Waals surface area contributed by atoms with Crippen molar-refractivity contribution in [2.75, 3.05) is 26.9 Å². The molecule has 0 radical (unpaired) electrons. The molecule has 6 nitrogen and oxygen atoms in total. The Labute approximate surface area is 117 Å². The molecule has 2 N–H and O–H groups in total. The number of aliphatic hydroxyl groups excluding tert-OH is 1. The fourth-order valence-corrected chi connectivity index (χ4v) is 2.02. The number of hydrogen-bond donors (Lipinski definition) is 2. The fourth-order valence-electron chi connectivity index (χ4n) is 2.02. The number of carbonyl (C=O) groups excluding carboxylic acids is 1. The molecule has 0 aliphatic carbocycles. The number of carbonyl (C=O) groups is 1. The van der Waals surface area contributed by atoms with Gasteiger partial charge < -0.3 is 24.6 Å². The van der Waals surface area contributed by atoms with E-state index in [1.165, 1.54) is 0 Å². The summed E-state index contributed by atoms with van der Waals surface area (Å²) in [5, 5.41) is 12.3. The molecule has 110 valence electrons. The van der Waals surface area contributed by atoms with E-state index in [4.69, 9.17) is 14.2 Å². The second-order valence-electron chi connectivity index (χ2n) is 4.74. The van der Waals surface area contributed by atoms with Gasteiger partial charge in [-0.3, -0.25) is 4.79 Å². The highest BCUT2D eigenvalue weighted by Crippen LogP contribution is 2.34. The maximum atomic E-state index is 11.6. The molecule has 1 aliphatic rings. The minimum absolute atomic E-state index is 0.0606. The predicted molar refractivity (Wildman–Crippen MR) is 71.9 cm³/mol. The zero-order chi connectivity index (χ0) is 14.5. The third kappa shape index (κ3) is 3.61. The maximum Gasteiger partial charge on any atom is 0.258 e. The molecule has 0 spiro atoms. The smallest absolute Gasteiger partial charge is 0.258 e. The predicted octanol–water partition coefficient (Wildman–Crippen LogP) is 0.642. The quantitative estimate of drug-likeness (QED) is 0.800. The van der Waals surface area contributed by atoms with Gasteiger partial charge >= 0.3 is 0 Å². The Morgan fingerprint density at radius 2 is 2.40 bits per heavy atom. The molecule has 0 aromatic heterocycles. The molecule has 1 aliphatic heterocycles. The summed E-state index contributed by atoms with van der Waals surface area (Å²) in [5.74, 6) is 0.923. The van der Waals surface area contributed by atoms with E-state index in [-0.39, 0.29) is 25.2 Å². The molecular weight excluding hydrogens is 262 g/mol. The lowest BCUT2D eigenvalue weighted by Crippen LogP contribution is -2.38. The van der Waals surface area contributed by atoms with Crippen LogP contribution >= 0.6 is 0 Å². The van der Waals surface area contributed by atoms with Gasteiger partial charge in [-0.2, -0.15) is 0 Å². The molecule has 0 saturated heterocycles. The number of amides is 1. The van der Waals surface area contributed by atoms with E-state index < -0.39 is 6.10 Å². The van der Waals surface area contributed by atoms with Crippen LogP contribution in [0, 0.1) is 0 Å². The summed E-state index contributed by atoms with van der Waals surface area (Å²) in [6.07, 6.45) is -0.586. The lowest BCUT2D eigenvalue weighted by molar-refractivity contribution is -0.124. The van der Waals surface area contributed by atoms with Crippen LogP contribution in [0.4, 0.5) is 0 Å². The van der Waals surface area contributed by atoms with E-state index in [9.17, 15) is 9.90 Å². The Morgan fingerprint density at radius 3 is 3.15 bits per heavy atom. The first-order valence-electron chi connectivity index (χ1n) is 6.46. The van der Waals surface area contributed by atoms with Crippen molar-refractivity contribution in [3.63, 3.8) is 0 Å². The third-order valence-corrected chi connectivity index (χ3v) is 2.93. The van der Waals surface area contributed by atoms with E-state index in [2.05, 4.69) is 5.32 Å². The molecule has 1 aromatic rings. The summed E-state index contributed by atoms with van der Waals surface area (Å²) in [6, 6.07) is 5.07. The normalized spacial score (nSPS) is 18.1. The van der Waals surface area contributed by atoms with Crippen LogP contribution in [0.3, 0.4) is 0 Å². The monoisotopic (exact) mass is 281 g/mol. The second kappa shape index (κ2) is 6.58. The van der Waals surface area contributed by atoms with Gasteiger partial charge in [0.15, 0.2) is 6.61 Å². The van der Waals surface area contributed by atoms with Gasteiger partial charge in [-0.1, -0.05) is 0 Å². The lowest BCUT2D eigenvalue weighted by atomic mass is 10.1. The molecule has 2 rings (SSSR count). The third-order valence-electron chi connectivity index (χ3n) is 2.93. The van der Waals surface area contributed by atoms with Crippen molar-refractivity contribution < 1.29 is 24.1 Å². The van der Waals surface area contributed by atoms with Crippen molar-refractivity contribution in [2.24, 2.45) is 0 Å². The number of nitrogens with one attached hydrogen (secondary N) is 1. The molecule has 2 unspecified atom stereocenters. The first-order chi connectivity index (χ1) is 9.60. The van der Waals surface area contributed by atoms with E-state index in [1.807, 2.05) is 6.92 Å². The molecule has 0 saturated carbocycles. The van der Waals surface area contributed by atoms with Crippen molar-refractivity contribution in [2.45, 2.75) is 19.1 Å². The molecule has 20 heavy (non-hydrogen) atoms. The SMILES string of the molecule is COCC(C)NC(=O)COc1ccc2c(c1)OCC2O. The van der Waals surface area contributed by atoms with Gasteiger partial charge in [0, 0.05) is 24.8 Å². The summed E-state index contributed by atoms with van der Waals surface area (Å²) < 4.78 is 15.6. The topological polar surface area (TPSA) is 77.0 Å². The Bertz CT molecular complexity index is 477. The summed E-state index contributed by atoms with van der Waals surface area (Å²) in [4.78, 5) is 11.6. The van der Waals surface area contributed by atoms with Crippen LogP contribution in [0.15, 0.2) is 18.2 Å². The molecule has 6 heteroatoms. The van der Waals surface area contributed by atoms with Crippen molar-refractivity contribution in [1.29, 1.82) is 0 Å². The first kappa shape index (κ1) is 14.6. The molecule has 2 atom stereocenters. The van der Waals surface area contributed by atoms with Crippen LogP contribution in [-0.4, -0.2) is 44.0 Å². The van der Waals surface area contributed by atoms with Crippen LogP contribution in [-0.2, 0) is 9.53 Å². The Kier molecular flexibility index (Phi) is 4.81. The van der Waals surface area contributed by atoms with E-state index in [0.717, 1.165) is 5.56 Å². The average molecular weight is 281 g/mol. The number of ether oxygens (including phenoxy) is 3. The summed E-state index contributed by atoms with van der Waals surface area (Å²) in [7, 11) is 1.58. The second-order valence-corrected chi connectivity index (χ2v) is 4.74. The van der Waals surface area contributed by atoms with Gasteiger partial charge in [0.25, 0.3) is 5.91 Å². The number of hydrogen-bond acceptors (Lipinski definition) is 5. The zero-order valence-corrected chi connectivity index (χ0v) is 11.6. The van der Waals surface area contributed by atoms with Gasteiger partial charge in [-0.25, -0.2) is 0 Å². The van der Waals surface area contributed by atoms with Gasteiger partial charge in [0.1, 0.15) is 24.2 Å². The highest BCUT2D eigenvalue weighted by molar-refractivity contribution is 5.77. The average Bonchev–Trinajstić information content (AvgIpc) is 2.78. The Balaban J connectivity index is 1.84. The van der Waals surface area contributed by atoms with Crippen LogP contribution in [0.5, 0.6) is 11.5 Å². The summed E-state index contributed by atoms with van der Waals surface area (Å²) in [5.41, 5.74) is 0.746. The maximum absolute atomic E-state index is 11.6. The van der Waals surface area contributed by atoms with Crippen molar-refractivity contribution in [1.82, 2.24) is 5.32 Å². The van der Waals surface area contributed by atoms with E-state index in [1.54, 1.807) is 25.3 Å². The molecule has 1 aromatic carbocycles. The number of fused-ring (bicyclic) bond motifs is 1. The van der Waals surface area contributed by atoms with Gasteiger partial charge in [0.05, 0.1) is 6.61 Å². The molecule has 1 amide bonds. The van der Waals surface area contributed by atoms with Crippen LogP contribution < -0.4 is 14.8 Å². The van der Waals surface area contributed by atoms with Gasteiger partial charge in [-0.05, 0) is 19.1 Å². The fraction of sp³-hybridized carbons (Fsp3) is 0.500. The van der Waals surface area contributed by atoms with Crippen molar-refractivity contribution in [3.05, 3.63) is 23.8 Å². The van der Waals surface area contributed by atoms with Gasteiger partial charge in [0.2, 0.25) is 0 Å². The number of methoxy groups -OCH3 is 1. The zero-order valence-electron chi connectivity index (χ0n) is 11.6. The standard InChI is InChI=1S/C14H19NO5/c1-9(6-18-2)15-14(17)8-19-10-3-4-11-12(16)7-20-13(11)5-10/h3-5,9,12,16H,6-8H2,1-2H3,(H,15,17). The first-order valence-corrected chi connectivity index (χ1v) is 6.46. The molecule has 0 bridgehead atoms. The van der Waals surface area contributed by atoms with Crippen LogP contribution in [0.25, 0.3) is 0 Å². The van der Waals surface area contributed by atoms with E-state index >= 15 is 0 Å². The van der Waals surface area contributed by atoms with Crippen molar-refractivity contribution in [3.8, 4) is 11.5 Å². The number of rotatable bonds is 6. The Hall–Kier alpha value is -1.79. The minimum Gasteiger partial charge on any atom is -0.490 e. The van der Waals surface area contributed by atoms with E-state index in [0.29, 0.717) is 18.1 Å². The van der Waals surface area contributed by atoms with Crippen LogP contribution in [0.2, 0.25) is 0 Å². The van der Waals surface area contributed by atoms with Crippen molar-refractivity contribution >= 4 is 5.91 Å². The summed E-state index contributed by atoms with van der Waals surface area (Å²) in [6.45, 7) is 2.49. The number of benzene rings is 1. The largest absolute Gasteiger partial charge is 0.490 e. The molecule has 0 fully saturated rings.